The summed E-state index contributed by atoms with van der Waals surface area (Å²) in [6.45, 7) is 0. The van der Waals surface area contributed by atoms with Crippen LogP contribution in [0.15, 0.2) is 71.7 Å². The number of benzene rings is 2. The maximum Gasteiger partial charge on any atom is 0.573 e. The van der Waals surface area contributed by atoms with Crippen molar-refractivity contribution < 1.29 is 17.9 Å². The summed E-state index contributed by atoms with van der Waals surface area (Å²) >= 11 is 0. The van der Waals surface area contributed by atoms with Crippen LogP contribution in [0.2, 0.25) is 0 Å². The van der Waals surface area contributed by atoms with Gasteiger partial charge in [-0.1, -0.05) is 36.4 Å². The molecule has 2 heterocycles. The summed E-state index contributed by atoms with van der Waals surface area (Å²) in [7, 11) is 0. The van der Waals surface area contributed by atoms with Crippen molar-refractivity contribution in [1.29, 1.82) is 0 Å². The Morgan fingerprint density at radius 3 is 2.56 bits per heavy atom. The fourth-order valence-electron chi connectivity index (χ4n) is 2.83. The number of ether oxygens (including phenoxy) is 1. The summed E-state index contributed by atoms with van der Waals surface area (Å²) < 4.78 is 41.7. The van der Waals surface area contributed by atoms with Gasteiger partial charge in [0.2, 0.25) is 0 Å². The van der Waals surface area contributed by atoms with Crippen LogP contribution in [0.25, 0.3) is 16.5 Å². The molecule has 0 spiro atoms. The Morgan fingerprint density at radius 1 is 0.926 bits per heavy atom. The van der Waals surface area contributed by atoms with Crippen LogP contribution < -0.4 is 10.1 Å². The molecule has 1 atom stereocenters. The third-order valence-corrected chi connectivity index (χ3v) is 4.02. The van der Waals surface area contributed by atoms with Gasteiger partial charge >= 0.3 is 6.36 Å². The monoisotopic (exact) mass is 369 g/mol. The fraction of sp³-hybridized carbons (Fsp3) is 0.100. The number of rotatable bonds is 4. The van der Waals surface area contributed by atoms with Crippen LogP contribution in [0.3, 0.4) is 0 Å². The molecule has 0 saturated heterocycles. The largest absolute Gasteiger partial charge is 0.573 e. The lowest BCUT2D eigenvalue weighted by Gasteiger charge is -2.16. The second-order valence-corrected chi connectivity index (χ2v) is 5.92. The molecular formula is C20H14F3N3O. The van der Waals surface area contributed by atoms with Gasteiger partial charge in [-0.05, 0) is 30.3 Å². The standard InChI is InChI=1S/C20H14F3N3O/c21-20(22,23)27-18-8-4-3-7-17(18)26-19-11-14(12-24-19)16-10-9-13-5-1-2-6-15(13)25-16/h1-12,19,26H. The Bertz CT molecular complexity index is 1040. The Morgan fingerprint density at radius 2 is 1.70 bits per heavy atom. The summed E-state index contributed by atoms with van der Waals surface area (Å²) in [6.07, 6.45) is -1.80. The Balaban J connectivity index is 1.56. The summed E-state index contributed by atoms with van der Waals surface area (Å²) in [5, 5.41) is 3.97. The molecule has 4 nitrogen and oxygen atoms in total. The predicted molar refractivity (Wildman–Crippen MR) is 98.7 cm³/mol. The van der Waals surface area contributed by atoms with Gasteiger partial charge in [0.15, 0.2) is 5.75 Å². The lowest BCUT2D eigenvalue weighted by atomic mass is 10.1. The molecule has 1 aliphatic rings. The number of anilines is 1. The smallest absolute Gasteiger partial charge is 0.404 e. The number of allylic oxidation sites excluding steroid dienone is 1. The van der Waals surface area contributed by atoms with Crippen molar-refractivity contribution in [2.45, 2.75) is 12.5 Å². The fourth-order valence-corrected chi connectivity index (χ4v) is 2.83. The number of para-hydroxylation sites is 3. The quantitative estimate of drug-likeness (QED) is 0.701. The van der Waals surface area contributed by atoms with E-state index in [4.69, 9.17) is 0 Å². The molecule has 0 fully saturated rings. The van der Waals surface area contributed by atoms with E-state index in [1.54, 1.807) is 12.3 Å². The zero-order valence-corrected chi connectivity index (χ0v) is 13.9. The normalized spacial score (nSPS) is 16.4. The molecule has 0 saturated carbocycles. The van der Waals surface area contributed by atoms with E-state index in [0.29, 0.717) is 0 Å². The van der Waals surface area contributed by atoms with Crippen LogP contribution in [-0.4, -0.2) is 23.7 Å². The lowest BCUT2D eigenvalue weighted by Crippen LogP contribution is -2.19. The van der Waals surface area contributed by atoms with Gasteiger partial charge in [0.05, 0.1) is 16.9 Å². The van der Waals surface area contributed by atoms with Crippen LogP contribution in [0, 0.1) is 0 Å². The van der Waals surface area contributed by atoms with Gasteiger partial charge in [-0.2, -0.15) is 0 Å². The molecule has 1 aliphatic heterocycles. The number of nitrogens with zero attached hydrogens (tertiary/aromatic N) is 2. The van der Waals surface area contributed by atoms with Gasteiger partial charge in [-0.25, -0.2) is 4.98 Å². The van der Waals surface area contributed by atoms with Crippen molar-refractivity contribution in [3.63, 3.8) is 0 Å². The van der Waals surface area contributed by atoms with Crippen LogP contribution in [-0.2, 0) is 0 Å². The molecule has 1 aromatic heterocycles. The zero-order valence-electron chi connectivity index (χ0n) is 13.9. The number of hydrogen-bond acceptors (Lipinski definition) is 4. The first-order valence-electron chi connectivity index (χ1n) is 8.20. The first-order chi connectivity index (χ1) is 13.0. The minimum atomic E-state index is -4.76. The number of halogens is 3. The van der Waals surface area contributed by atoms with E-state index < -0.39 is 12.5 Å². The first kappa shape index (κ1) is 17.1. The van der Waals surface area contributed by atoms with Crippen molar-refractivity contribution in [3.8, 4) is 5.75 Å². The Kier molecular flexibility index (Phi) is 4.27. The summed E-state index contributed by atoms with van der Waals surface area (Å²) in [5.41, 5.74) is 2.62. The number of aromatic nitrogens is 1. The Hall–Kier alpha value is -3.35. The average Bonchev–Trinajstić information content (AvgIpc) is 3.10. The van der Waals surface area contributed by atoms with Crippen molar-refractivity contribution >= 4 is 28.4 Å². The molecule has 27 heavy (non-hydrogen) atoms. The van der Waals surface area contributed by atoms with Crippen molar-refractivity contribution in [1.82, 2.24) is 4.98 Å². The van der Waals surface area contributed by atoms with Gasteiger partial charge in [-0.15, -0.1) is 13.2 Å². The number of fused-ring (bicyclic) bond motifs is 1. The number of hydrogen-bond donors (Lipinski definition) is 1. The molecule has 0 aliphatic carbocycles. The van der Waals surface area contributed by atoms with Crippen molar-refractivity contribution in [2.24, 2.45) is 4.99 Å². The second kappa shape index (κ2) is 6.75. The van der Waals surface area contributed by atoms with Gasteiger partial charge in [-0.3, -0.25) is 4.99 Å². The van der Waals surface area contributed by atoms with Gasteiger partial charge in [0, 0.05) is 17.2 Å². The van der Waals surface area contributed by atoms with E-state index in [1.807, 2.05) is 42.5 Å². The van der Waals surface area contributed by atoms with Crippen LogP contribution in [0.5, 0.6) is 5.75 Å². The molecule has 0 radical (unpaired) electrons. The molecule has 1 unspecified atom stereocenters. The van der Waals surface area contributed by atoms with E-state index in [-0.39, 0.29) is 11.4 Å². The van der Waals surface area contributed by atoms with Crippen molar-refractivity contribution in [2.75, 3.05) is 5.32 Å². The van der Waals surface area contributed by atoms with Crippen molar-refractivity contribution in [3.05, 3.63) is 72.4 Å². The third kappa shape index (κ3) is 3.92. The van der Waals surface area contributed by atoms with E-state index in [2.05, 4.69) is 20.0 Å². The number of aliphatic imine (C=N–C) groups is 1. The molecule has 1 N–H and O–H groups in total. The van der Waals surface area contributed by atoms with E-state index in [9.17, 15) is 13.2 Å². The topological polar surface area (TPSA) is 46.5 Å². The number of nitrogens with one attached hydrogen (secondary N) is 1. The Labute approximate surface area is 153 Å². The van der Waals surface area contributed by atoms with Crippen LogP contribution in [0.4, 0.5) is 18.9 Å². The van der Waals surface area contributed by atoms with Crippen LogP contribution in [0.1, 0.15) is 5.69 Å². The summed E-state index contributed by atoms with van der Waals surface area (Å²) in [6, 6.07) is 17.5. The number of alkyl halides is 3. The lowest BCUT2D eigenvalue weighted by molar-refractivity contribution is -0.274. The highest BCUT2D eigenvalue weighted by molar-refractivity contribution is 6.11. The van der Waals surface area contributed by atoms with Gasteiger partial charge < -0.3 is 10.1 Å². The minimum Gasteiger partial charge on any atom is -0.404 e. The molecule has 0 amide bonds. The maximum atomic E-state index is 12.5. The van der Waals surface area contributed by atoms with E-state index in [0.717, 1.165) is 22.2 Å². The highest BCUT2D eigenvalue weighted by atomic mass is 19.4. The van der Waals surface area contributed by atoms with Gasteiger partial charge in [0.1, 0.15) is 6.17 Å². The molecule has 0 bridgehead atoms. The molecule has 3 aromatic rings. The van der Waals surface area contributed by atoms with E-state index in [1.165, 1.54) is 18.2 Å². The zero-order chi connectivity index (χ0) is 18.9. The summed E-state index contributed by atoms with van der Waals surface area (Å²) in [5.74, 6) is -0.300. The average molecular weight is 369 g/mol. The van der Waals surface area contributed by atoms with Gasteiger partial charge in [0.25, 0.3) is 0 Å². The second-order valence-electron chi connectivity index (χ2n) is 5.92. The highest BCUT2D eigenvalue weighted by Gasteiger charge is 2.32. The number of pyridine rings is 1. The first-order valence-corrected chi connectivity index (χ1v) is 8.20. The maximum absolute atomic E-state index is 12.5. The van der Waals surface area contributed by atoms with E-state index >= 15 is 0 Å². The molecule has 4 rings (SSSR count). The summed E-state index contributed by atoms with van der Waals surface area (Å²) in [4.78, 5) is 8.90. The molecule has 7 heteroatoms. The SMILES string of the molecule is FC(F)(F)Oc1ccccc1NC1C=C(c2ccc3ccccc3n2)C=N1. The predicted octanol–water partition coefficient (Wildman–Crippen LogP) is 5.04. The molecular weight excluding hydrogens is 355 g/mol. The molecule has 2 aromatic carbocycles. The minimum absolute atomic E-state index is 0.209. The van der Waals surface area contributed by atoms with Crippen LogP contribution >= 0.6 is 0 Å². The third-order valence-electron chi connectivity index (χ3n) is 4.02. The highest BCUT2D eigenvalue weighted by Crippen LogP contribution is 2.31. The molecule has 136 valence electrons.